The summed E-state index contributed by atoms with van der Waals surface area (Å²) in [6.45, 7) is 9.48. The number of hydrogen-bond acceptors (Lipinski definition) is 0. The Morgan fingerprint density at radius 2 is 1.11 bits per heavy atom. The second kappa shape index (κ2) is 13.4. The molecule has 0 N–H and O–H groups in total. The van der Waals surface area contributed by atoms with Gasteiger partial charge >= 0.3 is 0 Å². The highest BCUT2D eigenvalue weighted by molar-refractivity contribution is 4.66. The summed E-state index contributed by atoms with van der Waals surface area (Å²) in [6.07, 6.45) is 17.2. The monoisotopic (exact) mass is 254 g/mol. The minimum absolute atomic E-state index is 0.957. The molecule has 0 radical (unpaired) electrons. The first-order valence-electron chi connectivity index (χ1n) is 8.76. The van der Waals surface area contributed by atoms with Crippen molar-refractivity contribution in [1.29, 1.82) is 0 Å². The summed E-state index contributed by atoms with van der Waals surface area (Å²) in [6, 6.07) is 0. The highest BCUT2D eigenvalue weighted by Gasteiger charge is 2.14. The predicted octanol–water partition coefficient (Wildman–Crippen LogP) is 6.98. The van der Waals surface area contributed by atoms with E-state index in [-0.39, 0.29) is 0 Å². The van der Waals surface area contributed by atoms with E-state index in [9.17, 15) is 0 Å². The first-order valence-corrected chi connectivity index (χ1v) is 8.76. The number of hydrogen-bond donors (Lipinski definition) is 0. The van der Waals surface area contributed by atoms with E-state index < -0.39 is 0 Å². The molecule has 0 fully saturated rings. The third-order valence-corrected chi connectivity index (χ3v) is 4.52. The second-order valence-corrected chi connectivity index (χ2v) is 6.20. The van der Waals surface area contributed by atoms with Crippen LogP contribution in [0.2, 0.25) is 0 Å². The summed E-state index contributed by atoms with van der Waals surface area (Å²) in [5, 5.41) is 0. The van der Waals surface area contributed by atoms with Crippen molar-refractivity contribution >= 4 is 0 Å². The molecular formula is C18H38. The average molecular weight is 255 g/mol. The van der Waals surface area contributed by atoms with Gasteiger partial charge in [0, 0.05) is 0 Å². The van der Waals surface area contributed by atoms with Crippen molar-refractivity contribution in [2.24, 2.45) is 11.8 Å². The van der Waals surface area contributed by atoms with Crippen molar-refractivity contribution in [3.63, 3.8) is 0 Å². The van der Waals surface area contributed by atoms with Crippen LogP contribution in [0.5, 0.6) is 0 Å². The fraction of sp³-hybridized carbons (Fsp3) is 1.00. The van der Waals surface area contributed by atoms with Gasteiger partial charge in [-0.25, -0.2) is 0 Å². The van der Waals surface area contributed by atoms with Crippen molar-refractivity contribution in [2.45, 2.75) is 105 Å². The Labute approximate surface area is 117 Å². The topological polar surface area (TPSA) is 0 Å². The lowest BCUT2D eigenvalue weighted by molar-refractivity contribution is 0.291. The van der Waals surface area contributed by atoms with Crippen LogP contribution in [0.3, 0.4) is 0 Å². The molecule has 0 aromatic heterocycles. The fourth-order valence-corrected chi connectivity index (χ4v) is 3.03. The van der Waals surface area contributed by atoms with Crippen LogP contribution in [0.25, 0.3) is 0 Å². The van der Waals surface area contributed by atoms with E-state index in [0.717, 1.165) is 11.8 Å². The Morgan fingerprint density at radius 3 is 1.67 bits per heavy atom. The van der Waals surface area contributed by atoms with E-state index in [0.29, 0.717) is 0 Å². The molecule has 18 heavy (non-hydrogen) atoms. The predicted molar refractivity (Wildman–Crippen MR) is 85.1 cm³/mol. The summed E-state index contributed by atoms with van der Waals surface area (Å²) >= 11 is 0. The Hall–Kier alpha value is 0. The van der Waals surface area contributed by atoms with E-state index in [1.165, 1.54) is 77.0 Å². The van der Waals surface area contributed by atoms with E-state index in [4.69, 9.17) is 0 Å². The molecule has 0 aliphatic heterocycles. The normalized spacial score (nSPS) is 14.7. The van der Waals surface area contributed by atoms with Crippen molar-refractivity contribution < 1.29 is 0 Å². The molecule has 2 atom stereocenters. The summed E-state index contributed by atoms with van der Waals surface area (Å²) < 4.78 is 0. The maximum absolute atomic E-state index is 2.49. The van der Waals surface area contributed by atoms with Crippen LogP contribution in [-0.4, -0.2) is 0 Å². The molecule has 0 heterocycles. The van der Waals surface area contributed by atoms with Crippen LogP contribution in [0.15, 0.2) is 0 Å². The van der Waals surface area contributed by atoms with Gasteiger partial charge in [-0.3, -0.25) is 0 Å². The largest absolute Gasteiger partial charge is 0.0654 e. The van der Waals surface area contributed by atoms with Crippen molar-refractivity contribution in [1.82, 2.24) is 0 Å². The molecule has 0 saturated carbocycles. The molecule has 0 aliphatic rings. The van der Waals surface area contributed by atoms with Crippen LogP contribution in [0.1, 0.15) is 105 Å². The van der Waals surface area contributed by atoms with Crippen molar-refractivity contribution in [3.8, 4) is 0 Å². The average Bonchev–Trinajstić information content (AvgIpc) is 2.38. The highest BCUT2D eigenvalue weighted by Crippen LogP contribution is 2.27. The maximum atomic E-state index is 2.49. The molecule has 0 nitrogen and oxygen atoms in total. The quantitative estimate of drug-likeness (QED) is 0.311. The van der Waals surface area contributed by atoms with Gasteiger partial charge < -0.3 is 0 Å². The Morgan fingerprint density at radius 1 is 0.611 bits per heavy atom. The third-order valence-electron chi connectivity index (χ3n) is 4.52. The van der Waals surface area contributed by atoms with Gasteiger partial charge in [0.2, 0.25) is 0 Å². The minimum atomic E-state index is 0.957. The lowest BCUT2D eigenvalue weighted by Gasteiger charge is -2.22. The van der Waals surface area contributed by atoms with Gasteiger partial charge in [0.15, 0.2) is 0 Å². The first-order chi connectivity index (χ1) is 8.76. The third kappa shape index (κ3) is 9.97. The van der Waals surface area contributed by atoms with Crippen LogP contribution in [0.4, 0.5) is 0 Å². The molecule has 2 unspecified atom stereocenters. The Kier molecular flexibility index (Phi) is 13.4. The zero-order chi connectivity index (χ0) is 13.6. The van der Waals surface area contributed by atoms with Gasteiger partial charge in [-0.15, -0.1) is 0 Å². The maximum Gasteiger partial charge on any atom is -0.0391 e. The lowest BCUT2D eigenvalue weighted by atomic mass is 9.83. The first kappa shape index (κ1) is 18.0. The Bertz CT molecular complexity index is 150. The molecule has 0 spiro atoms. The molecular weight excluding hydrogens is 216 g/mol. The van der Waals surface area contributed by atoms with E-state index in [1.807, 2.05) is 0 Å². The minimum Gasteiger partial charge on any atom is -0.0654 e. The zero-order valence-electron chi connectivity index (χ0n) is 13.6. The van der Waals surface area contributed by atoms with Crippen LogP contribution < -0.4 is 0 Å². The highest BCUT2D eigenvalue weighted by atomic mass is 14.2. The SMILES string of the molecule is CCCCCCCC(C)C(CC)CCCCCC. The molecule has 110 valence electrons. The van der Waals surface area contributed by atoms with Crippen LogP contribution >= 0.6 is 0 Å². The van der Waals surface area contributed by atoms with Crippen LogP contribution in [0, 0.1) is 11.8 Å². The van der Waals surface area contributed by atoms with Crippen molar-refractivity contribution in [2.75, 3.05) is 0 Å². The van der Waals surface area contributed by atoms with E-state index >= 15 is 0 Å². The molecule has 0 aromatic rings. The second-order valence-electron chi connectivity index (χ2n) is 6.20. The number of unbranched alkanes of at least 4 members (excludes halogenated alkanes) is 7. The molecule has 0 amide bonds. The molecule has 0 saturated heterocycles. The zero-order valence-corrected chi connectivity index (χ0v) is 13.6. The van der Waals surface area contributed by atoms with Gasteiger partial charge in [0.1, 0.15) is 0 Å². The van der Waals surface area contributed by atoms with Gasteiger partial charge in [-0.1, -0.05) is 105 Å². The van der Waals surface area contributed by atoms with Gasteiger partial charge in [-0.05, 0) is 11.8 Å². The lowest BCUT2D eigenvalue weighted by Crippen LogP contribution is -2.11. The van der Waals surface area contributed by atoms with E-state index in [1.54, 1.807) is 0 Å². The summed E-state index contributed by atoms with van der Waals surface area (Å²) in [7, 11) is 0. The molecule has 0 aromatic carbocycles. The van der Waals surface area contributed by atoms with Gasteiger partial charge in [0.05, 0.1) is 0 Å². The smallest absolute Gasteiger partial charge is 0.0391 e. The summed E-state index contributed by atoms with van der Waals surface area (Å²) in [4.78, 5) is 0. The van der Waals surface area contributed by atoms with Gasteiger partial charge in [-0.2, -0.15) is 0 Å². The van der Waals surface area contributed by atoms with E-state index in [2.05, 4.69) is 27.7 Å². The summed E-state index contributed by atoms with van der Waals surface area (Å²) in [5.41, 5.74) is 0. The van der Waals surface area contributed by atoms with Gasteiger partial charge in [0.25, 0.3) is 0 Å². The molecule has 0 heteroatoms. The standard InChI is InChI=1S/C18H38/c1-5-8-10-12-13-15-17(4)18(7-3)16-14-11-9-6-2/h17-18H,5-16H2,1-4H3. The molecule has 0 bridgehead atoms. The van der Waals surface area contributed by atoms with Crippen LogP contribution in [-0.2, 0) is 0 Å². The number of rotatable bonds is 13. The Balaban J connectivity index is 3.58. The fourth-order valence-electron chi connectivity index (χ4n) is 3.03. The van der Waals surface area contributed by atoms with Crippen molar-refractivity contribution in [3.05, 3.63) is 0 Å². The molecule has 0 rings (SSSR count). The molecule has 0 aliphatic carbocycles. The summed E-state index contributed by atoms with van der Waals surface area (Å²) in [5.74, 6) is 1.95.